The van der Waals surface area contributed by atoms with Crippen molar-refractivity contribution in [2.24, 2.45) is 7.05 Å². The molecule has 2 aliphatic heterocycles. The zero-order valence-electron chi connectivity index (χ0n) is 16.8. The van der Waals surface area contributed by atoms with Crippen molar-refractivity contribution in [1.82, 2.24) is 24.6 Å². The highest BCUT2D eigenvalue weighted by Gasteiger charge is 2.38. The van der Waals surface area contributed by atoms with E-state index < -0.39 is 0 Å². The van der Waals surface area contributed by atoms with Gasteiger partial charge in [-0.2, -0.15) is 5.10 Å². The van der Waals surface area contributed by atoms with Gasteiger partial charge in [0.2, 0.25) is 0 Å². The van der Waals surface area contributed by atoms with Gasteiger partial charge in [0.05, 0.1) is 24.9 Å². The molecule has 4 rings (SSSR count). The molecule has 28 heavy (non-hydrogen) atoms. The van der Waals surface area contributed by atoms with Crippen LogP contribution >= 0.6 is 0 Å². The Morgan fingerprint density at radius 2 is 2.04 bits per heavy atom. The summed E-state index contributed by atoms with van der Waals surface area (Å²) in [6, 6.07) is 5.44. The lowest BCUT2D eigenvalue weighted by Crippen LogP contribution is -2.52. The van der Waals surface area contributed by atoms with Crippen molar-refractivity contribution in [3.05, 3.63) is 47.5 Å². The summed E-state index contributed by atoms with van der Waals surface area (Å²) >= 11 is 0. The number of carbonyl (C=O) groups excluding carboxylic acids is 1. The average molecular weight is 383 g/mol. The summed E-state index contributed by atoms with van der Waals surface area (Å²) in [5, 5.41) is 4.35. The molecule has 0 saturated carbocycles. The molecule has 1 amide bonds. The van der Waals surface area contributed by atoms with E-state index in [2.05, 4.69) is 15.0 Å². The molecule has 2 fully saturated rings. The Labute approximate surface area is 166 Å². The number of piperidine rings is 1. The van der Waals surface area contributed by atoms with E-state index in [0.717, 1.165) is 30.9 Å². The summed E-state index contributed by atoms with van der Waals surface area (Å²) in [6.07, 6.45) is 7.56. The molecule has 2 saturated heterocycles. The van der Waals surface area contributed by atoms with Crippen LogP contribution in [0.1, 0.15) is 47.1 Å². The first kappa shape index (κ1) is 19.1. The van der Waals surface area contributed by atoms with E-state index in [1.807, 2.05) is 43.4 Å². The first-order valence-electron chi connectivity index (χ1n) is 10.2. The number of aryl methyl sites for hydroxylation is 2. The first-order chi connectivity index (χ1) is 13.6. The zero-order chi connectivity index (χ0) is 19.5. The van der Waals surface area contributed by atoms with Crippen molar-refractivity contribution >= 4 is 5.91 Å². The third-order valence-electron chi connectivity index (χ3n) is 5.67. The van der Waals surface area contributed by atoms with E-state index in [-0.39, 0.29) is 18.1 Å². The topological polar surface area (TPSA) is 63.5 Å². The number of amides is 1. The van der Waals surface area contributed by atoms with Gasteiger partial charge in [-0.1, -0.05) is 12.5 Å². The van der Waals surface area contributed by atoms with E-state index in [0.29, 0.717) is 18.8 Å². The minimum absolute atomic E-state index is 0.0375. The number of carbonyl (C=O) groups is 1. The van der Waals surface area contributed by atoms with Crippen LogP contribution in [0.5, 0.6) is 0 Å². The summed E-state index contributed by atoms with van der Waals surface area (Å²) in [5.41, 5.74) is 2.36. The van der Waals surface area contributed by atoms with Crippen LogP contribution in [0.4, 0.5) is 0 Å². The fraction of sp³-hybridized carbons (Fsp3) is 0.571. The Morgan fingerprint density at radius 3 is 2.75 bits per heavy atom. The normalized spacial score (nSPS) is 23.7. The molecule has 0 unspecified atom stereocenters. The van der Waals surface area contributed by atoms with Crippen LogP contribution in [0.2, 0.25) is 0 Å². The van der Waals surface area contributed by atoms with Crippen LogP contribution < -0.4 is 0 Å². The number of likely N-dealkylation sites (tertiary alicyclic amines) is 1. The maximum absolute atomic E-state index is 13.3. The number of pyridine rings is 1. The Morgan fingerprint density at radius 1 is 1.21 bits per heavy atom. The third kappa shape index (κ3) is 4.10. The molecule has 7 heteroatoms. The molecule has 0 radical (unpaired) electrons. The molecule has 0 aliphatic carbocycles. The van der Waals surface area contributed by atoms with Gasteiger partial charge in [-0.25, -0.2) is 4.98 Å². The quantitative estimate of drug-likeness (QED) is 0.810. The molecule has 4 heterocycles. The minimum Gasteiger partial charge on any atom is -0.373 e. The molecule has 7 nitrogen and oxygen atoms in total. The molecular weight excluding hydrogens is 354 g/mol. The Hall–Kier alpha value is -2.25. The lowest BCUT2D eigenvalue weighted by molar-refractivity contribution is -0.0743. The van der Waals surface area contributed by atoms with Gasteiger partial charge in [0.15, 0.2) is 0 Å². The zero-order valence-corrected chi connectivity index (χ0v) is 16.8. The lowest BCUT2D eigenvalue weighted by Gasteiger charge is -2.43. The minimum atomic E-state index is -0.154. The van der Waals surface area contributed by atoms with Gasteiger partial charge in [-0.05, 0) is 45.0 Å². The van der Waals surface area contributed by atoms with Gasteiger partial charge in [-0.15, -0.1) is 0 Å². The second kappa shape index (κ2) is 8.41. The molecule has 2 atom stereocenters. The SMILES string of the molecule is Cc1cccc(C(=O)N2CCO[C@@H](CN3CCCCC3)[C@@H]2c2cnn(C)c2)n1. The highest BCUT2D eigenvalue weighted by molar-refractivity contribution is 5.92. The van der Waals surface area contributed by atoms with Crippen molar-refractivity contribution < 1.29 is 9.53 Å². The Kier molecular flexibility index (Phi) is 5.73. The van der Waals surface area contributed by atoms with E-state index in [4.69, 9.17) is 4.74 Å². The van der Waals surface area contributed by atoms with E-state index in [1.165, 1.54) is 19.3 Å². The predicted molar refractivity (Wildman–Crippen MR) is 106 cm³/mol. The van der Waals surface area contributed by atoms with E-state index in [9.17, 15) is 4.79 Å². The first-order valence-corrected chi connectivity index (χ1v) is 10.2. The molecular formula is C21H29N5O2. The van der Waals surface area contributed by atoms with Crippen LogP contribution in [-0.2, 0) is 11.8 Å². The number of hydrogen-bond acceptors (Lipinski definition) is 5. The summed E-state index contributed by atoms with van der Waals surface area (Å²) in [7, 11) is 1.90. The molecule has 0 spiro atoms. The summed E-state index contributed by atoms with van der Waals surface area (Å²) in [5.74, 6) is -0.0375. The monoisotopic (exact) mass is 383 g/mol. The fourth-order valence-corrected chi connectivity index (χ4v) is 4.31. The summed E-state index contributed by atoms with van der Waals surface area (Å²) in [6.45, 7) is 6.07. The van der Waals surface area contributed by atoms with Gasteiger partial charge in [0, 0.05) is 37.6 Å². The smallest absolute Gasteiger partial charge is 0.273 e. The highest BCUT2D eigenvalue weighted by Crippen LogP contribution is 2.31. The number of ether oxygens (including phenoxy) is 1. The van der Waals surface area contributed by atoms with E-state index >= 15 is 0 Å². The van der Waals surface area contributed by atoms with E-state index in [1.54, 1.807) is 10.7 Å². The molecule has 0 bridgehead atoms. The second-order valence-corrected chi connectivity index (χ2v) is 7.83. The number of rotatable bonds is 4. The molecule has 0 aromatic carbocycles. The van der Waals surface area contributed by atoms with Crippen molar-refractivity contribution in [1.29, 1.82) is 0 Å². The van der Waals surface area contributed by atoms with Crippen LogP contribution in [0, 0.1) is 6.92 Å². The van der Waals surface area contributed by atoms with Crippen LogP contribution in [-0.4, -0.2) is 69.4 Å². The van der Waals surface area contributed by atoms with Gasteiger partial charge in [0.1, 0.15) is 5.69 Å². The van der Waals surface area contributed by atoms with Crippen molar-refractivity contribution in [2.45, 2.75) is 38.3 Å². The Balaban J connectivity index is 1.62. The summed E-state index contributed by atoms with van der Waals surface area (Å²) < 4.78 is 7.99. The number of hydrogen-bond donors (Lipinski definition) is 0. The maximum Gasteiger partial charge on any atom is 0.273 e. The molecule has 0 N–H and O–H groups in total. The maximum atomic E-state index is 13.3. The standard InChI is InChI=1S/C21H29N5O2/c1-16-7-6-8-18(23-16)21(27)26-11-12-28-19(15-25-9-4-3-5-10-25)20(26)17-13-22-24(2)14-17/h6-8,13-14,19-20H,3-5,9-12,15H2,1-2H3/t19-,20-/m0/s1. The highest BCUT2D eigenvalue weighted by atomic mass is 16.5. The average Bonchev–Trinajstić information content (AvgIpc) is 3.14. The van der Waals surface area contributed by atoms with Gasteiger partial charge in [-0.3, -0.25) is 9.48 Å². The van der Waals surface area contributed by atoms with Gasteiger partial charge in [0.25, 0.3) is 5.91 Å². The van der Waals surface area contributed by atoms with Crippen molar-refractivity contribution in [2.75, 3.05) is 32.8 Å². The van der Waals surface area contributed by atoms with Crippen molar-refractivity contribution in [3.8, 4) is 0 Å². The number of aromatic nitrogens is 3. The van der Waals surface area contributed by atoms with Crippen molar-refractivity contribution in [3.63, 3.8) is 0 Å². The molecule has 150 valence electrons. The predicted octanol–water partition coefficient (Wildman–Crippen LogP) is 2.19. The summed E-state index contributed by atoms with van der Waals surface area (Å²) in [4.78, 5) is 22.2. The number of nitrogens with zero attached hydrogens (tertiary/aromatic N) is 5. The molecule has 2 aliphatic rings. The second-order valence-electron chi connectivity index (χ2n) is 7.83. The largest absolute Gasteiger partial charge is 0.373 e. The fourth-order valence-electron chi connectivity index (χ4n) is 4.31. The molecule has 2 aromatic rings. The van der Waals surface area contributed by atoms with Crippen LogP contribution in [0.3, 0.4) is 0 Å². The molecule has 2 aromatic heterocycles. The van der Waals surface area contributed by atoms with Crippen LogP contribution in [0.15, 0.2) is 30.6 Å². The lowest BCUT2D eigenvalue weighted by atomic mass is 9.99. The van der Waals surface area contributed by atoms with Crippen LogP contribution in [0.25, 0.3) is 0 Å². The number of morpholine rings is 1. The third-order valence-corrected chi connectivity index (χ3v) is 5.67. The van der Waals surface area contributed by atoms with Gasteiger partial charge < -0.3 is 14.5 Å². The van der Waals surface area contributed by atoms with Gasteiger partial charge >= 0.3 is 0 Å². The Bertz CT molecular complexity index is 815.